The molecule has 29 heavy (non-hydrogen) atoms. The molecule has 1 atom stereocenters. The zero-order valence-electron chi connectivity index (χ0n) is 16.8. The molecule has 0 unspecified atom stereocenters. The van der Waals surface area contributed by atoms with E-state index in [0.717, 1.165) is 36.2 Å². The van der Waals surface area contributed by atoms with Crippen molar-refractivity contribution in [3.63, 3.8) is 0 Å². The monoisotopic (exact) mass is 396 g/mol. The maximum absolute atomic E-state index is 13.1. The Balaban J connectivity index is 1.48. The summed E-state index contributed by atoms with van der Waals surface area (Å²) in [5.74, 6) is 1.05. The van der Waals surface area contributed by atoms with Crippen LogP contribution in [0.5, 0.6) is 0 Å². The fourth-order valence-corrected chi connectivity index (χ4v) is 3.90. The van der Waals surface area contributed by atoms with Gasteiger partial charge in [0.1, 0.15) is 24.2 Å². The normalized spacial score (nSPS) is 16.9. The minimum Gasteiger partial charge on any atom is -0.443 e. The van der Waals surface area contributed by atoms with Gasteiger partial charge in [0, 0.05) is 18.7 Å². The van der Waals surface area contributed by atoms with E-state index in [-0.39, 0.29) is 24.3 Å². The van der Waals surface area contributed by atoms with Gasteiger partial charge in [-0.1, -0.05) is 12.1 Å². The van der Waals surface area contributed by atoms with E-state index >= 15 is 0 Å². The molecule has 1 aliphatic rings. The molecule has 1 aliphatic heterocycles. The van der Waals surface area contributed by atoms with Crippen LogP contribution in [0.25, 0.3) is 0 Å². The van der Waals surface area contributed by atoms with Crippen molar-refractivity contribution in [2.45, 2.75) is 52.1 Å². The third-order valence-electron chi connectivity index (χ3n) is 5.36. The summed E-state index contributed by atoms with van der Waals surface area (Å²) in [6.45, 7) is 4.79. The van der Waals surface area contributed by atoms with Crippen molar-refractivity contribution < 1.29 is 13.6 Å². The van der Waals surface area contributed by atoms with Gasteiger partial charge in [-0.3, -0.25) is 9.48 Å². The number of benzene rings is 1. The highest BCUT2D eigenvalue weighted by Gasteiger charge is 2.31. The second-order valence-corrected chi connectivity index (χ2v) is 7.65. The number of carbonyl (C=O) groups excluding carboxylic acids is 1. The fourth-order valence-electron chi connectivity index (χ4n) is 3.90. The number of hydrogen-bond donors (Lipinski definition) is 0. The number of oxazole rings is 1. The summed E-state index contributed by atoms with van der Waals surface area (Å²) < 4.78 is 20.8. The molecular formula is C22H25FN4O2. The lowest BCUT2D eigenvalue weighted by Gasteiger charge is -2.33. The Morgan fingerprint density at radius 1 is 1.24 bits per heavy atom. The van der Waals surface area contributed by atoms with Crippen molar-refractivity contribution in [3.05, 3.63) is 70.9 Å². The van der Waals surface area contributed by atoms with Crippen LogP contribution < -0.4 is 0 Å². The van der Waals surface area contributed by atoms with Gasteiger partial charge in [0.05, 0.1) is 11.9 Å². The van der Waals surface area contributed by atoms with Crippen LogP contribution in [0.1, 0.15) is 53.9 Å². The summed E-state index contributed by atoms with van der Waals surface area (Å²) >= 11 is 0. The SMILES string of the molecule is Cc1cc(C)n(CC(=O)N2CCCC[C@@H]2c2ncc(Cc3ccc(F)cc3)o2)n1. The van der Waals surface area contributed by atoms with Crippen LogP contribution in [-0.4, -0.2) is 32.1 Å². The number of piperidine rings is 1. The molecule has 1 saturated heterocycles. The van der Waals surface area contributed by atoms with E-state index in [0.29, 0.717) is 24.6 Å². The van der Waals surface area contributed by atoms with Gasteiger partial charge in [-0.25, -0.2) is 9.37 Å². The number of amides is 1. The zero-order valence-corrected chi connectivity index (χ0v) is 16.8. The zero-order chi connectivity index (χ0) is 20.4. The van der Waals surface area contributed by atoms with Crippen molar-refractivity contribution in [2.24, 2.45) is 0 Å². The fraction of sp³-hybridized carbons (Fsp3) is 0.409. The molecule has 2 aromatic heterocycles. The number of nitrogens with zero attached hydrogens (tertiary/aromatic N) is 4. The minimum atomic E-state index is -0.258. The molecule has 0 bridgehead atoms. The predicted molar refractivity (Wildman–Crippen MR) is 106 cm³/mol. The van der Waals surface area contributed by atoms with Crippen LogP contribution in [-0.2, 0) is 17.8 Å². The molecule has 152 valence electrons. The molecule has 7 heteroatoms. The average Bonchev–Trinajstić information content (AvgIpc) is 3.29. The molecular weight excluding hydrogens is 371 g/mol. The summed E-state index contributed by atoms with van der Waals surface area (Å²) in [6, 6.07) is 8.16. The lowest BCUT2D eigenvalue weighted by atomic mass is 10.0. The van der Waals surface area contributed by atoms with Crippen molar-refractivity contribution in [3.8, 4) is 0 Å². The quantitative estimate of drug-likeness (QED) is 0.655. The van der Waals surface area contributed by atoms with Gasteiger partial charge in [-0.15, -0.1) is 0 Å². The van der Waals surface area contributed by atoms with Gasteiger partial charge in [-0.05, 0) is 56.9 Å². The highest BCUT2D eigenvalue weighted by molar-refractivity contribution is 5.76. The predicted octanol–water partition coefficient (Wildman–Crippen LogP) is 3.97. The van der Waals surface area contributed by atoms with Gasteiger partial charge >= 0.3 is 0 Å². The highest BCUT2D eigenvalue weighted by atomic mass is 19.1. The Morgan fingerprint density at radius 2 is 2.03 bits per heavy atom. The Kier molecular flexibility index (Phi) is 5.47. The van der Waals surface area contributed by atoms with Crippen LogP contribution in [0.15, 0.2) is 40.9 Å². The minimum absolute atomic E-state index is 0.0270. The van der Waals surface area contributed by atoms with E-state index in [1.165, 1.54) is 12.1 Å². The van der Waals surface area contributed by atoms with E-state index in [1.54, 1.807) is 23.0 Å². The molecule has 0 radical (unpaired) electrons. The Hall–Kier alpha value is -2.96. The molecule has 0 saturated carbocycles. The van der Waals surface area contributed by atoms with Crippen molar-refractivity contribution in [2.75, 3.05) is 6.54 Å². The molecule has 6 nitrogen and oxygen atoms in total. The van der Waals surface area contributed by atoms with E-state index < -0.39 is 0 Å². The van der Waals surface area contributed by atoms with Crippen LogP contribution in [0.4, 0.5) is 4.39 Å². The first-order valence-electron chi connectivity index (χ1n) is 9.99. The van der Waals surface area contributed by atoms with Crippen LogP contribution in [0.3, 0.4) is 0 Å². The van der Waals surface area contributed by atoms with E-state index in [2.05, 4.69) is 10.1 Å². The summed E-state index contributed by atoms with van der Waals surface area (Å²) in [4.78, 5) is 19.3. The van der Waals surface area contributed by atoms with E-state index in [1.807, 2.05) is 24.8 Å². The number of likely N-dealkylation sites (tertiary alicyclic amines) is 1. The molecule has 3 heterocycles. The smallest absolute Gasteiger partial charge is 0.244 e. The van der Waals surface area contributed by atoms with Crippen molar-refractivity contribution in [1.82, 2.24) is 19.7 Å². The standard InChI is InChI=1S/C22H25FN4O2/c1-15-11-16(2)27(25-15)14-21(28)26-10-4-3-5-20(26)22-24-13-19(29-22)12-17-6-8-18(23)9-7-17/h6-9,11,13,20H,3-5,10,12,14H2,1-2H3/t20-/m1/s1. The number of aromatic nitrogens is 3. The first kappa shape index (κ1) is 19.4. The second-order valence-electron chi connectivity index (χ2n) is 7.65. The van der Waals surface area contributed by atoms with Crippen molar-refractivity contribution >= 4 is 5.91 Å². The number of rotatable bonds is 5. The molecule has 0 N–H and O–H groups in total. The Labute approximate surface area is 169 Å². The molecule has 1 amide bonds. The first-order valence-corrected chi connectivity index (χ1v) is 9.99. The maximum Gasteiger partial charge on any atom is 0.244 e. The summed E-state index contributed by atoms with van der Waals surface area (Å²) in [5, 5.41) is 4.40. The van der Waals surface area contributed by atoms with Gasteiger partial charge in [0.25, 0.3) is 0 Å². The molecule has 1 aromatic carbocycles. The summed E-state index contributed by atoms with van der Waals surface area (Å²) in [5.41, 5.74) is 2.83. The molecule has 0 aliphatic carbocycles. The number of aryl methyl sites for hydroxylation is 2. The van der Waals surface area contributed by atoms with Gasteiger partial charge in [-0.2, -0.15) is 5.10 Å². The average molecular weight is 396 g/mol. The molecule has 0 spiro atoms. The largest absolute Gasteiger partial charge is 0.443 e. The molecule has 3 aromatic rings. The van der Waals surface area contributed by atoms with Crippen LogP contribution in [0, 0.1) is 19.7 Å². The van der Waals surface area contributed by atoms with Crippen LogP contribution in [0.2, 0.25) is 0 Å². The second kappa shape index (κ2) is 8.19. The van der Waals surface area contributed by atoms with Gasteiger partial charge in [0.2, 0.25) is 11.8 Å². The number of halogens is 1. The highest BCUT2D eigenvalue weighted by Crippen LogP contribution is 2.31. The van der Waals surface area contributed by atoms with Gasteiger partial charge in [0.15, 0.2) is 0 Å². The third-order valence-corrected chi connectivity index (χ3v) is 5.36. The Bertz CT molecular complexity index is 993. The van der Waals surface area contributed by atoms with E-state index in [4.69, 9.17) is 4.42 Å². The van der Waals surface area contributed by atoms with E-state index in [9.17, 15) is 9.18 Å². The summed E-state index contributed by atoms with van der Waals surface area (Å²) in [7, 11) is 0. The maximum atomic E-state index is 13.1. The van der Waals surface area contributed by atoms with Gasteiger partial charge < -0.3 is 9.32 Å². The molecule has 4 rings (SSSR count). The summed E-state index contributed by atoms with van der Waals surface area (Å²) in [6.07, 6.45) is 5.09. The lowest BCUT2D eigenvalue weighted by molar-refractivity contribution is -0.136. The molecule has 1 fully saturated rings. The number of hydrogen-bond acceptors (Lipinski definition) is 4. The Morgan fingerprint density at radius 3 is 2.76 bits per heavy atom. The number of carbonyl (C=O) groups is 1. The lowest BCUT2D eigenvalue weighted by Crippen LogP contribution is -2.40. The third kappa shape index (κ3) is 4.39. The van der Waals surface area contributed by atoms with Crippen LogP contribution >= 0.6 is 0 Å². The first-order chi connectivity index (χ1) is 14.0. The van der Waals surface area contributed by atoms with Crippen molar-refractivity contribution in [1.29, 1.82) is 0 Å². The topological polar surface area (TPSA) is 64.2 Å².